The number of aromatic nitrogens is 2. The fourth-order valence-corrected chi connectivity index (χ4v) is 6.80. The van der Waals surface area contributed by atoms with Crippen molar-refractivity contribution in [3.05, 3.63) is 27.6 Å². The number of aromatic amines is 1. The molecule has 4 fully saturated rings. The Morgan fingerprint density at radius 1 is 1.28 bits per heavy atom. The summed E-state index contributed by atoms with van der Waals surface area (Å²) in [5.41, 5.74) is 0.473. The standard InChI is InChI=1S/C19H23N3O2S/c1-22(10-15-20-14-2-3-25-16(14)17(23)21-15)18(24)19-7-11-4-12(8-19)6-13(5-11)9-19/h2-3,11-13H,4-10H2,1H3,(H,20,21,23). The van der Waals surface area contributed by atoms with Gasteiger partial charge < -0.3 is 9.88 Å². The van der Waals surface area contributed by atoms with Gasteiger partial charge >= 0.3 is 0 Å². The molecule has 1 amide bonds. The first-order valence-electron chi connectivity index (χ1n) is 9.24. The van der Waals surface area contributed by atoms with Gasteiger partial charge in [0.2, 0.25) is 5.91 Å². The largest absolute Gasteiger partial charge is 0.338 e. The maximum Gasteiger partial charge on any atom is 0.268 e. The molecular formula is C19H23N3O2S. The van der Waals surface area contributed by atoms with E-state index in [0.29, 0.717) is 17.1 Å². The Morgan fingerprint density at radius 3 is 2.56 bits per heavy atom. The second kappa shape index (κ2) is 5.40. The van der Waals surface area contributed by atoms with E-state index in [4.69, 9.17) is 0 Å². The number of hydrogen-bond donors (Lipinski definition) is 1. The van der Waals surface area contributed by atoms with Crippen molar-refractivity contribution in [2.45, 2.75) is 45.1 Å². The second-order valence-electron chi connectivity index (χ2n) is 8.51. The molecule has 2 aromatic heterocycles. The lowest BCUT2D eigenvalue weighted by molar-refractivity contribution is -0.156. The lowest BCUT2D eigenvalue weighted by Crippen LogP contribution is -2.53. The Labute approximate surface area is 150 Å². The highest BCUT2D eigenvalue weighted by Gasteiger charge is 2.55. The van der Waals surface area contributed by atoms with Crippen LogP contribution in [-0.4, -0.2) is 27.8 Å². The van der Waals surface area contributed by atoms with Crippen LogP contribution in [0.15, 0.2) is 16.2 Å². The third-order valence-corrected chi connectivity index (χ3v) is 7.49. The number of nitrogens with one attached hydrogen (secondary N) is 1. The van der Waals surface area contributed by atoms with E-state index >= 15 is 0 Å². The van der Waals surface area contributed by atoms with Crippen LogP contribution in [0.1, 0.15) is 44.3 Å². The lowest BCUT2D eigenvalue weighted by atomic mass is 9.49. The molecule has 4 saturated carbocycles. The Balaban J connectivity index is 1.39. The molecular weight excluding hydrogens is 334 g/mol. The topological polar surface area (TPSA) is 66.1 Å². The molecule has 0 saturated heterocycles. The Hall–Kier alpha value is -1.69. The summed E-state index contributed by atoms with van der Waals surface area (Å²) in [6, 6.07) is 1.86. The average Bonchev–Trinajstić information content (AvgIpc) is 3.02. The zero-order valence-electron chi connectivity index (χ0n) is 14.5. The molecule has 25 heavy (non-hydrogen) atoms. The normalized spacial score (nSPS) is 33.1. The van der Waals surface area contributed by atoms with Crippen molar-refractivity contribution in [3.63, 3.8) is 0 Å². The van der Waals surface area contributed by atoms with Gasteiger partial charge in [-0.1, -0.05) is 0 Å². The van der Waals surface area contributed by atoms with Gasteiger partial charge in [0.25, 0.3) is 5.56 Å². The van der Waals surface area contributed by atoms with Gasteiger partial charge in [-0.05, 0) is 67.7 Å². The van der Waals surface area contributed by atoms with Crippen molar-refractivity contribution >= 4 is 27.5 Å². The van der Waals surface area contributed by atoms with E-state index in [2.05, 4.69) is 9.97 Å². The fourth-order valence-electron chi connectivity index (χ4n) is 6.07. The first-order chi connectivity index (χ1) is 12.0. The van der Waals surface area contributed by atoms with Crippen molar-refractivity contribution in [2.75, 3.05) is 7.05 Å². The molecule has 0 spiro atoms. The SMILES string of the molecule is CN(Cc1nc2ccsc2c(=O)[nH]1)C(=O)C12CC3CC(CC(C3)C1)C2. The van der Waals surface area contributed by atoms with Crippen LogP contribution in [0.25, 0.3) is 10.2 Å². The lowest BCUT2D eigenvalue weighted by Gasteiger charge is -2.56. The van der Waals surface area contributed by atoms with Crippen molar-refractivity contribution in [3.8, 4) is 0 Å². The zero-order chi connectivity index (χ0) is 17.2. The van der Waals surface area contributed by atoms with Gasteiger partial charge in [0.1, 0.15) is 10.5 Å². The molecule has 0 unspecified atom stereocenters. The number of nitrogens with zero attached hydrogens (tertiary/aromatic N) is 2. The summed E-state index contributed by atoms with van der Waals surface area (Å²) < 4.78 is 0.652. The van der Waals surface area contributed by atoms with Crippen LogP contribution >= 0.6 is 11.3 Å². The summed E-state index contributed by atoms with van der Waals surface area (Å²) in [5, 5.41) is 1.88. The van der Waals surface area contributed by atoms with Gasteiger partial charge in [-0.15, -0.1) is 11.3 Å². The Morgan fingerprint density at radius 2 is 1.92 bits per heavy atom. The summed E-state index contributed by atoms with van der Waals surface area (Å²) in [7, 11) is 1.86. The maximum absolute atomic E-state index is 13.3. The summed E-state index contributed by atoms with van der Waals surface area (Å²) in [5.74, 6) is 3.10. The van der Waals surface area contributed by atoms with Gasteiger partial charge in [-0.25, -0.2) is 4.98 Å². The van der Waals surface area contributed by atoms with E-state index in [0.717, 1.165) is 42.5 Å². The monoisotopic (exact) mass is 357 g/mol. The number of rotatable bonds is 3. The van der Waals surface area contributed by atoms with Crippen LogP contribution in [-0.2, 0) is 11.3 Å². The highest BCUT2D eigenvalue weighted by molar-refractivity contribution is 7.17. The molecule has 4 aliphatic rings. The van der Waals surface area contributed by atoms with Crippen molar-refractivity contribution < 1.29 is 4.79 Å². The fraction of sp³-hybridized carbons (Fsp3) is 0.632. The molecule has 0 aromatic carbocycles. The van der Waals surface area contributed by atoms with Gasteiger partial charge in [0.05, 0.1) is 17.5 Å². The van der Waals surface area contributed by atoms with Crippen LogP contribution < -0.4 is 5.56 Å². The van der Waals surface area contributed by atoms with Crippen LogP contribution in [0, 0.1) is 23.2 Å². The van der Waals surface area contributed by atoms with E-state index in [1.165, 1.54) is 30.6 Å². The Kier molecular flexibility index (Phi) is 3.36. The maximum atomic E-state index is 13.3. The van der Waals surface area contributed by atoms with E-state index in [1.54, 1.807) is 4.90 Å². The Bertz CT molecular complexity index is 864. The molecule has 2 aromatic rings. The molecule has 0 aliphatic heterocycles. The van der Waals surface area contributed by atoms with E-state index in [9.17, 15) is 9.59 Å². The molecule has 4 bridgehead atoms. The van der Waals surface area contributed by atoms with Gasteiger partial charge in [-0.2, -0.15) is 0 Å². The summed E-state index contributed by atoms with van der Waals surface area (Å²) in [6.07, 6.45) is 7.20. The highest BCUT2D eigenvalue weighted by Crippen LogP contribution is 2.60. The number of carbonyl (C=O) groups is 1. The van der Waals surface area contributed by atoms with E-state index in [1.807, 2.05) is 18.5 Å². The van der Waals surface area contributed by atoms with Crippen LogP contribution in [0.4, 0.5) is 0 Å². The van der Waals surface area contributed by atoms with Crippen LogP contribution in [0.3, 0.4) is 0 Å². The van der Waals surface area contributed by atoms with Crippen molar-refractivity contribution in [1.82, 2.24) is 14.9 Å². The second-order valence-corrected chi connectivity index (χ2v) is 9.42. The minimum atomic E-state index is -0.143. The van der Waals surface area contributed by atoms with Gasteiger partial charge in [0.15, 0.2) is 0 Å². The van der Waals surface area contributed by atoms with E-state index < -0.39 is 0 Å². The number of thiophene rings is 1. The summed E-state index contributed by atoms with van der Waals surface area (Å²) in [6.45, 7) is 0.377. The predicted molar refractivity (Wildman–Crippen MR) is 97.3 cm³/mol. The summed E-state index contributed by atoms with van der Waals surface area (Å²) >= 11 is 1.40. The molecule has 0 atom stereocenters. The minimum Gasteiger partial charge on any atom is -0.338 e. The minimum absolute atomic E-state index is 0.106. The number of fused-ring (bicyclic) bond motifs is 1. The zero-order valence-corrected chi connectivity index (χ0v) is 15.3. The smallest absolute Gasteiger partial charge is 0.268 e. The molecule has 5 nitrogen and oxygen atoms in total. The quantitative estimate of drug-likeness (QED) is 0.917. The predicted octanol–water partition coefficient (Wildman–Crippen LogP) is 3.16. The summed E-state index contributed by atoms with van der Waals surface area (Å²) in [4.78, 5) is 34.6. The van der Waals surface area contributed by atoms with Crippen molar-refractivity contribution in [1.29, 1.82) is 0 Å². The highest BCUT2D eigenvalue weighted by atomic mass is 32.1. The molecule has 6 heteroatoms. The van der Waals surface area contributed by atoms with Gasteiger partial charge in [-0.3, -0.25) is 9.59 Å². The number of H-pyrrole nitrogens is 1. The average molecular weight is 357 g/mol. The van der Waals surface area contributed by atoms with Crippen molar-refractivity contribution in [2.24, 2.45) is 23.2 Å². The molecule has 1 N–H and O–H groups in total. The molecule has 4 aliphatic carbocycles. The molecule has 6 rings (SSSR count). The van der Waals surface area contributed by atoms with E-state index in [-0.39, 0.29) is 16.9 Å². The van der Waals surface area contributed by atoms with Crippen LogP contribution in [0.2, 0.25) is 0 Å². The number of amides is 1. The number of hydrogen-bond acceptors (Lipinski definition) is 4. The molecule has 0 radical (unpaired) electrons. The number of carbonyl (C=O) groups excluding carboxylic acids is 1. The first kappa shape index (κ1) is 15.6. The van der Waals surface area contributed by atoms with Gasteiger partial charge in [0, 0.05) is 7.05 Å². The first-order valence-corrected chi connectivity index (χ1v) is 10.1. The third-order valence-electron chi connectivity index (χ3n) is 6.59. The molecule has 2 heterocycles. The van der Waals surface area contributed by atoms with Crippen LogP contribution in [0.5, 0.6) is 0 Å². The third kappa shape index (κ3) is 2.45. The molecule has 132 valence electrons.